The number of nitro groups is 1. The molecule has 0 aliphatic rings. The van der Waals surface area contributed by atoms with Crippen molar-refractivity contribution in [2.24, 2.45) is 5.41 Å². The van der Waals surface area contributed by atoms with E-state index in [1.165, 1.54) is 6.07 Å². The molecule has 3 aromatic rings. The van der Waals surface area contributed by atoms with E-state index >= 15 is 0 Å². The second-order valence-electron chi connectivity index (χ2n) is 8.94. The SMILES string of the molecule is CC(C)(C)CC(C)(C)Nc1c(-c2cccc([N+](=O)[O-])c2)nc2ccc(Cl)cn12. The molecule has 2 aromatic heterocycles. The van der Waals surface area contributed by atoms with Crippen LogP contribution in [0.3, 0.4) is 0 Å². The number of fused-ring (bicyclic) bond motifs is 1. The fourth-order valence-corrected chi connectivity index (χ4v) is 3.96. The van der Waals surface area contributed by atoms with Gasteiger partial charge in [0.15, 0.2) is 0 Å². The molecular weight excluding hydrogens is 376 g/mol. The lowest BCUT2D eigenvalue weighted by atomic mass is 9.82. The Morgan fingerprint density at radius 3 is 2.54 bits per heavy atom. The highest BCUT2D eigenvalue weighted by Gasteiger charge is 2.28. The predicted octanol–water partition coefficient (Wildman–Crippen LogP) is 6.19. The standard InChI is InChI=1S/C21H25ClN4O2/c1-20(2,3)13-21(4,5)24-19-18(14-7-6-8-16(11-14)26(27)28)23-17-10-9-15(22)12-25(17)19/h6-12,24H,13H2,1-5H3. The van der Waals surface area contributed by atoms with Crippen LogP contribution in [0.15, 0.2) is 42.6 Å². The van der Waals surface area contributed by atoms with Gasteiger partial charge in [0, 0.05) is 29.4 Å². The number of pyridine rings is 1. The van der Waals surface area contributed by atoms with Gasteiger partial charge in [-0.05, 0) is 37.8 Å². The number of hydrogen-bond acceptors (Lipinski definition) is 4. The minimum atomic E-state index is -0.396. The molecule has 0 aliphatic heterocycles. The number of hydrogen-bond donors (Lipinski definition) is 1. The van der Waals surface area contributed by atoms with Crippen molar-refractivity contribution in [3.05, 3.63) is 57.7 Å². The topological polar surface area (TPSA) is 72.5 Å². The molecule has 0 aliphatic carbocycles. The van der Waals surface area contributed by atoms with E-state index in [0.29, 0.717) is 16.3 Å². The lowest BCUT2D eigenvalue weighted by Gasteiger charge is -2.34. The van der Waals surface area contributed by atoms with Crippen molar-refractivity contribution in [2.45, 2.75) is 46.6 Å². The number of rotatable bonds is 5. The Bertz CT molecular complexity index is 1030. The minimum absolute atomic E-state index is 0.0347. The van der Waals surface area contributed by atoms with Crippen LogP contribution in [0.2, 0.25) is 5.02 Å². The van der Waals surface area contributed by atoms with E-state index in [0.717, 1.165) is 17.9 Å². The number of benzene rings is 1. The third kappa shape index (κ3) is 4.44. The number of anilines is 1. The molecule has 1 N–H and O–H groups in total. The van der Waals surface area contributed by atoms with E-state index in [-0.39, 0.29) is 16.6 Å². The zero-order valence-corrected chi connectivity index (χ0v) is 17.5. The van der Waals surface area contributed by atoms with Gasteiger partial charge in [0.1, 0.15) is 17.2 Å². The molecule has 0 saturated carbocycles. The Hall–Kier alpha value is -2.60. The van der Waals surface area contributed by atoms with Gasteiger partial charge in [0.25, 0.3) is 5.69 Å². The van der Waals surface area contributed by atoms with E-state index in [4.69, 9.17) is 16.6 Å². The summed E-state index contributed by atoms with van der Waals surface area (Å²) in [5.41, 5.74) is 2.00. The van der Waals surface area contributed by atoms with Gasteiger partial charge in [-0.25, -0.2) is 4.98 Å². The van der Waals surface area contributed by atoms with Crippen molar-refractivity contribution in [2.75, 3.05) is 5.32 Å². The van der Waals surface area contributed by atoms with Crippen LogP contribution in [-0.2, 0) is 0 Å². The summed E-state index contributed by atoms with van der Waals surface area (Å²) in [6, 6.07) is 10.2. The Kier molecular flexibility index (Phi) is 5.10. The second-order valence-corrected chi connectivity index (χ2v) is 9.37. The summed E-state index contributed by atoms with van der Waals surface area (Å²) >= 11 is 6.22. The normalized spacial score (nSPS) is 12.4. The maximum Gasteiger partial charge on any atom is 0.270 e. The highest BCUT2D eigenvalue weighted by atomic mass is 35.5. The number of nitrogens with one attached hydrogen (secondary N) is 1. The molecule has 2 heterocycles. The number of non-ortho nitro benzene ring substituents is 1. The molecule has 28 heavy (non-hydrogen) atoms. The van der Waals surface area contributed by atoms with Crippen molar-refractivity contribution in [3.8, 4) is 11.3 Å². The predicted molar refractivity (Wildman–Crippen MR) is 114 cm³/mol. The van der Waals surface area contributed by atoms with Gasteiger partial charge >= 0.3 is 0 Å². The summed E-state index contributed by atoms with van der Waals surface area (Å²) in [7, 11) is 0. The van der Waals surface area contributed by atoms with Crippen molar-refractivity contribution in [1.29, 1.82) is 0 Å². The first-order valence-corrected chi connectivity index (χ1v) is 9.54. The van der Waals surface area contributed by atoms with Gasteiger partial charge in [0.05, 0.1) is 9.95 Å². The Labute approximate surface area is 169 Å². The van der Waals surface area contributed by atoms with Gasteiger partial charge in [-0.3, -0.25) is 14.5 Å². The van der Waals surface area contributed by atoms with Crippen molar-refractivity contribution in [3.63, 3.8) is 0 Å². The molecule has 0 spiro atoms. The lowest BCUT2D eigenvalue weighted by Crippen LogP contribution is -2.36. The smallest absolute Gasteiger partial charge is 0.270 e. The van der Waals surface area contributed by atoms with Gasteiger partial charge in [0.2, 0.25) is 0 Å². The number of imidazole rings is 1. The quantitative estimate of drug-likeness (QED) is 0.409. The first kappa shape index (κ1) is 20.1. The van der Waals surface area contributed by atoms with E-state index in [1.54, 1.807) is 24.4 Å². The van der Waals surface area contributed by atoms with Gasteiger partial charge in [-0.1, -0.05) is 44.5 Å². The summed E-state index contributed by atoms with van der Waals surface area (Å²) in [5.74, 6) is 0.771. The molecule has 7 heteroatoms. The molecule has 0 atom stereocenters. The monoisotopic (exact) mass is 400 g/mol. The van der Waals surface area contributed by atoms with E-state index in [1.807, 2.05) is 16.5 Å². The summed E-state index contributed by atoms with van der Waals surface area (Å²) in [6.45, 7) is 10.9. The first-order valence-electron chi connectivity index (χ1n) is 9.16. The number of nitro benzene ring substituents is 1. The largest absolute Gasteiger partial charge is 0.364 e. The molecule has 0 radical (unpaired) electrons. The van der Waals surface area contributed by atoms with Crippen LogP contribution in [0.1, 0.15) is 41.0 Å². The molecule has 0 amide bonds. The maximum absolute atomic E-state index is 11.2. The van der Waals surface area contributed by atoms with Crippen molar-refractivity contribution in [1.82, 2.24) is 9.38 Å². The summed E-state index contributed by atoms with van der Waals surface area (Å²) in [6.07, 6.45) is 2.72. The van der Waals surface area contributed by atoms with Crippen LogP contribution in [0, 0.1) is 15.5 Å². The maximum atomic E-state index is 11.2. The Balaban J connectivity index is 2.17. The van der Waals surface area contributed by atoms with Crippen LogP contribution in [-0.4, -0.2) is 19.8 Å². The summed E-state index contributed by atoms with van der Waals surface area (Å²) < 4.78 is 1.90. The fraction of sp³-hybridized carbons (Fsp3) is 0.381. The third-order valence-electron chi connectivity index (χ3n) is 4.34. The number of aromatic nitrogens is 2. The second kappa shape index (κ2) is 7.09. The summed E-state index contributed by atoms with van der Waals surface area (Å²) in [5, 5.41) is 15.4. The Morgan fingerprint density at radius 2 is 1.89 bits per heavy atom. The van der Waals surface area contributed by atoms with Crippen LogP contribution in [0.4, 0.5) is 11.5 Å². The minimum Gasteiger partial charge on any atom is -0.364 e. The van der Waals surface area contributed by atoms with E-state index in [2.05, 4.69) is 39.9 Å². The van der Waals surface area contributed by atoms with Crippen LogP contribution in [0.5, 0.6) is 0 Å². The highest BCUT2D eigenvalue weighted by Crippen LogP contribution is 2.36. The Morgan fingerprint density at radius 1 is 1.18 bits per heavy atom. The van der Waals surface area contributed by atoms with E-state index in [9.17, 15) is 10.1 Å². The van der Waals surface area contributed by atoms with Crippen molar-refractivity contribution < 1.29 is 4.92 Å². The molecule has 1 aromatic carbocycles. The molecule has 3 rings (SSSR count). The molecule has 0 bridgehead atoms. The fourth-order valence-electron chi connectivity index (χ4n) is 3.80. The van der Waals surface area contributed by atoms with Gasteiger partial charge < -0.3 is 5.32 Å². The zero-order chi connectivity index (χ0) is 20.7. The van der Waals surface area contributed by atoms with Crippen LogP contribution < -0.4 is 5.32 Å². The number of nitrogens with zero attached hydrogens (tertiary/aromatic N) is 3. The highest BCUT2D eigenvalue weighted by molar-refractivity contribution is 6.30. The van der Waals surface area contributed by atoms with Crippen molar-refractivity contribution >= 4 is 28.8 Å². The van der Waals surface area contributed by atoms with E-state index < -0.39 is 4.92 Å². The lowest BCUT2D eigenvalue weighted by molar-refractivity contribution is -0.384. The molecule has 0 unspecified atom stereocenters. The molecule has 6 nitrogen and oxygen atoms in total. The third-order valence-corrected chi connectivity index (χ3v) is 4.57. The average Bonchev–Trinajstić information content (AvgIpc) is 2.90. The molecular formula is C21H25ClN4O2. The van der Waals surface area contributed by atoms with Crippen LogP contribution >= 0.6 is 11.6 Å². The molecule has 0 fully saturated rings. The van der Waals surface area contributed by atoms with Gasteiger partial charge in [-0.15, -0.1) is 0 Å². The average molecular weight is 401 g/mol. The number of halogens is 1. The first-order chi connectivity index (χ1) is 13.0. The summed E-state index contributed by atoms with van der Waals surface area (Å²) in [4.78, 5) is 15.5. The molecule has 0 saturated heterocycles. The zero-order valence-electron chi connectivity index (χ0n) is 16.8. The molecule has 148 valence electrons. The van der Waals surface area contributed by atoms with Gasteiger partial charge in [-0.2, -0.15) is 0 Å². The van der Waals surface area contributed by atoms with Crippen LogP contribution in [0.25, 0.3) is 16.9 Å².